The fraction of sp³-hybridized carbons (Fsp3) is 0.400. The minimum absolute atomic E-state index is 0.143. The first-order valence-electron chi connectivity index (χ1n) is 9.14. The number of hydrogen-bond acceptors (Lipinski definition) is 4. The zero-order valence-electron chi connectivity index (χ0n) is 15.8. The lowest BCUT2D eigenvalue weighted by Gasteiger charge is -2.34. The largest absolute Gasteiger partial charge is 0.294 e. The topological polar surface area (TPSA) is 109 Å². The van der Waals surface area contributed by atoms with E-state index < -0.39 is 20.2 Å². The third-order valence-corrected chi connectivity index (χ3v) is 7.31. The maximum atomic E-state index is 12.0. The van der Waals surface area contributed by atoms with Crippen LogP contribution in [0.15, 0.2) is 46.2 Å². The van der Waals surface area contributed by atoms with E-state index >= 15 is 0 Å². The van der Waals surface area contributed by atoms with E-state index in [4.69, 9.17) is 0 Å². The first-order valence-corrected chi connectivity index (χ1v) is 12.0. The van der Waals surface area contributed by atoms with Gasteiger partial charge in [-0.05, 0) is 61.8 Å². The monoisotopic (exact) mass is 424 g/mol. The van der Waals surface area contributed by atoms with E-state index in [-0.39, 0.29) is 21.6 Å². The van der Waals surface area contributed by atoms with Crippen molar-refractivity contribution in [1.82, 2.24) is 0 Å². The molecule has 152 valence electrons. The van der Waals surface area contributed by atoms with Crippen LogP contribution in [0, 0.1) is 13.8 Å². The molecule has 0 aliphatic heterocycles. The first-order chi connectivity index (χ1) is 13.0. The van der Waals surface area contributed by atoms with Crippen molar-refractivity contribution in [3.8, 4) is 0 Å². The van der Waals surface area contributed by atoms with Crippen molar-refractivity contribution >= 4 is 20.2 Å². The fourth-order valence-corrected chi connectivity index (χ4v) is 5.76. The Balaban J connectivity index is 2.22. The Hall–Kier alpha value is -1.74. The van der Waals surface area contributed by atoms with Crippen LogP contribution in [0.1, 0.15) is 59.8 Å². The molecule has 1 saturated carbocycles. The number of hydrogen-bond donors (Lipinski definition) is 2. The second-order valence-electron chi connectivity index (χ2n) is 7.53. The van der Waals surface area contributed by atoms with E-state index in [9.17, 15) is 25.9 Å². The predicted molar refractivity (Wildman–Crippen MR) is 106 cm³/mol. The van der Waals surface area contributed by atoms with Gasteiger partial charge in [-0.25, -0.2) is 0 Å². The van der Waals surface area contributed by atoms with Gasteiger partial charge in [0.1, 0.15) is 0 Å². The Morgan fingerprint density at radius 3 is 1.39 bits per heavy atom. The van der Waals surface area contributed by atoms with Gasteiger partial charge in [0.05, 0.1) is 9.79 Å². The van der Waals surface area contributed by atoms with Gasteiger partial charge in [0.25, 0.3) is 20.2 Å². The Labute approximate surface area is 166 Å². The lowest BCUT2D eigenvalue weighted by molar-refractivity contribution is 0.375. The zero-order chi connectivity index (χ0) is 20.7. The molecule has 6 nitrogen and oxygen atoms in total. The number of benzene rings is 2. The van der Waals surface area contributed by atoms with Gasteiger partial charge in [-0.15, -0.1) is 0 Å². The quantitative estimate of drug-likeness (QED) is 0.711. The molecule has 2 unspecified atom stereocenters. The van der Waals surface area contributed by atoms with Crippen molar-refractivity contribution in [2.45, 2.75) is 61.2 Å². The summed E-state index contributed by atoms with van der Waals surface area (Å²) in [5, 5.41) is 0. The zero-order valence-corrected chi connectivity index (χ0v) is 17.4. The summed E-state index contributed by atoms with van der Waals surface area (Å²) >= 11 is 0. The van der Waals surface area contributed by atoms with E-state index in [1.807, 2.05) is 13.8 Å². The third-order valence-electron chi connectivity index (χ3n) is 5.45. The van der Waals surface area contributed by atoms with Crippen LogP contribution in [-0.4, -0.2) is 25.9 Å². The van der Waals surface area contributed by atoms with Crippen LogP contribution in [0.25, 0.3) is 0 Å². The molecule has 1 fully saturated rings. The second kappa shape index (κ2) is 7.59. The first kappa shape index (κ1) is 21.0. The van der Waals surface area contributed by atoms with E-state index in [2.05, 4.69) is 0 Å². The standard InChI is InChI=1S/C20H24O6S2/c1-13-7-9-19(27(21,22)23)17(11-13)15-5-3-4-6-16(15)18-12-14(2)8-10-20(18)28(24,25)26/h7-12,15-16H,3-6H2,1-2H3,(H,21,22,23)(H,24,25,26). The summed E-state index contributed by atoms with van der Waals surface area (Å²) in [6, 6.07) is 9.53. The minimum atomic E-state index is -4.42. The van der Waals surface area contributed by atoms with Crippen molar-refractivity contribution < 1.29 is 25.9 Å². The van der Waals surface area contributed by atoms with Gasteiger partial charge in [-0.1, -0.05) is 48.2 Å². The summed E-state index contributed by atoms with van der Waals surface area (Å²) < 4.78 is 67.2. The normalized spacial score (nSPS) is 20.9. The molecule has 2 N–H and O–H groups in total. The molecule has 1 aliphatic rings. The Morgan fingerprint density at radius 1 is 0.714 bits per heavy atom. The molecule has 2 aromatic rings. The highest BCUT2D eigenvalue weighted by Crippen LogP contribution is 2.47. The molecular weight excluding hydrogens is 400 g/mol. The van der Waals surface area contributed by atoms with Crippen LogP contribution < -0.4 is 0 Å². The fourth-order valence-electron chi connectivity index (χ4n) is 4.26. The highest BCUT2D eigenvalue weighted by atomic mass is 32.2. The molecule has 0 spiro atoms. The van der Waals surface area contributed by atoms with Crippen LogP contribution in [0.4, 0.5) is 0 Å². The molecular formula is C20H24O6S2. The molecule has 1 aliphatic carbocycles. The molecule has 0 bridgehead atoms. The lowest BCUT2D eigenvalue weighted by atomic mass is 9.72. The summed E-state index contributed by atoms with van der Waals surface area (Å²) in [5.41, 5.74) is 2.70. The van der Waals surface area contributed by atoms with Crippen molar-refractivity contribution in [1.29, 1.82) is 0 Å². The second-order valence-corrected chi connectivity index (χ2v) is 10.3. The molecule has 0 saturated heterocycles. The number of rotatable bonds is 4. The highest BCUT2D eigenvalue weighted by molar-refractivity contribution is 7.86. The molecule has 2 aromatic carbocycles. The van der Waals surface area contributed by atoms with Gasteiger partial charge in [0.2, 0.25) is 0 Å². The van der Waals surface area contributed by atoms with E-state index in [1.54, 1.807) is 24.3 Å². The Kier molecular flexibility index (Phi) is 5.69. The third kappa shape index (κ3) is 4.30. The van der Waals surface area contributed by atoms with E-state index in [0.717, 1.165) is 24.0 Å². The maximum Gasteiger partial charge on any atom is 0.294 e. The van der Waals surface area contributed by atoms with Crippen molar-refractivity contribution in [2.24, 2.45) is 0 Å². The van der Waals surface area contributed by atoms with Gasteiger partial charge in [0.15, 0.2) is 0 Å². The summed E-state index contributed by atoms with van der Waals surface area (Å²) in [6.45, 7) is 3.68. The van der Waals surface area contributed by atoms with Crippen LogP contribution >= 0.6 is 0 Å². The van der Waals surface area contributed by atoms with Gasteiger partial charge in [0, 0.05) is 0 Å². The van der Waals surface area contributed by atoms with Gasteiger partial charge in [-0.2, -0.15) is 16.8 Å². The molecule has 0 heterocycles. The SMILES string of the molecule is Cc1ccc(S(=O)(=O)O)c(C2CCCCC2c2cc(C)ccc2S(=O)(=O)O)c1. The van der Waals surface area contributed by atoms with E-state index in [0.29, 0.717) is 24.0 Å². The highest BCUT2D eigenvalue weighted by Gasteiger charge is 2.34. The van der Waals surface area contributed by atoms with Crippen molar-refractivity contribution in [3.63, 3.8) is 0 Å². The van der Waals surface area contributed by atoms with Crippen LogP contribution in [0.3, 0.4) is 0 Å². The molecule has 8 heteroatoms. The molecule has 0 radical (unpaired) electrons. The van der Waals surface area contributed by atoms with Crippen LogP contribution in [-0.2, 0) is 20.2 Å². The Bertz CT molecular complexity index is 1010. The molecule has 3 rings (SSSR count). The summed E-state index contributed by atoms with van der Waals surface area (Å²) in [4.78, 5) is -0.285. The summed E-state index contributed by atoms with van der Waals surface area (Å²) in [5.74, 6) is -0.569. The molecule has 2 atom stereocenters. The van der Waals surface area contributed by atoms with Crippen molar-refractivity contribution in [2.75, 3.05) is 0 Å². The maximum absolute atomic E-state index is 12.0. The summed E-state index contributed by atoms with van der Waals surface area (Å²) in [7, 11) is -8.84. The molecule has 0 amide bonds. The van der Waals surface area contributed by atoms with Gasteiger partial charge in [-0.3, -0.25) is 9.11 Å². The average molecular weight is 425 g/mol. The molecule has 0 aromatic heterocycles. The molecule has 28 heavy (non-hydrogen) atoms. The average Bonchev–Trinajstić information content (AvgIpc) is 2.59. The van der Waals surface area contributed by atoms with Crippen LogP contribution in [0.5, 0.6) is 0 Å². The summed E-state index contributed by atoms with van der Waals surface area (Å²) in [6.07, 6.45) is 3.06. The van der Waals surface area contributed by atoms with Gasteiger partial charge >= 0.3 is 0 Å². The predicted octanol–water partition coefficient (Wildman–Crippen LogP) is 4.24. The van der Waals surface area contributed by atoms with E-state index in [1.165, 1.54) is 12.1 Å². The minimum Gasteiger partial charge on any atom is -0.282 e. The van der Waals surface area contributed by atoms with Crippen molar-refractivity contribution in [3.05, 3.63) is 58.7 Å². The smallest absolute Gasteiger partial charge is 0.282 e. The van der Waals surface area contributed by atoms with Crippen LogP contribution in [0.2, 0.25) is 0 Å². The number of aryl methyl sites for hydroxylation is 2. The lowest BCUT2D eigenvalue weighted by Crippen LogP contribution is -2.21. The van der Waals surface area contributed by atoms with Gasteiger partial charge < -0.3 is 0 Å². The Morgan fingerprint density at radius 2 is 1.07 bits per heavy atom.